The van der Waals surface area contributed by atoms with Gasteiger partial charge in [0.15, 0.2) is 5.79 Å². The van der Waals surface area contributed by atoms with Crippen molar-refractivity contribution in [1.29, 1.82) is 0 Å². The Morgan fingerprint density at radius 3 is 2.64 bits per heavy atom. The summed E-state index contributed by atoms with van der Waals surface area (Å²) in [6.45, 7) is 4.05. The molecule has 1 spiro atoms. The van der Waals surface area contributed by atoms with E-state index in [1.54, 1.807) is 0 Å². The van der Waals surface area contributed by atoms with Gasteiger partial charge in [-0.05, 0) is 25.9 Å². The first-order chi connectivity index (χ1) is 6.82. The van der Waals surface area contributed by atoms with E-state index in [1.807, 2.05) is 0 Å². The van der Waals surface area contributed by atoms with Crippen LogP contribution in [0.5, 0.6) is 0 Å². The number of ether oxygens (including phenoxy) is 2. The summed E-state index contributed by atoms with van der Waals surface area (Å²) in [4.78, 5) is 2.44. The average Bonchev–Trinajstić information content (AvgIpc) is 2.63. The number of halogens is 1. The predicted octanol–water partition coefficient (Wildman–Crippen LogP) is 1.06. The van der Waals surface area contributed by atoms with Crippen LogP contribution < -0.4 is 0 Å². The van der Waals surface area contributed by atoms with Crippen LogP contribution in [0.3, 0.4) is 0 Å². The lowest BCUT2D eigenvalue weighted by Crippen LogP contribution is -2.59. The molecule has 0 aromatic carbocycles. The van der Waals surface area contributed by atoms with Crippen LogP contribution in [0.4, 0.5) is 0 Å². The van der Waals surface area contributed by atoms with Crippen molar-refractivity contribution in [3.63, 3.8) is 0 Å². The van der Waals surface area contributed by atoms with Gasteiger partial charge < -0.3 is 9.47 Å². The van der Waals surface area contributed by atoms with Crippen molar-refractivity contribution in [3.8, 4) is 0 Å². The Hall–Kier alpha value is 0.170. The molecule has 0 aromatic rings. The number of alkyl halides is 1. The minimum absolute atomic E-state index is 0.109. The van der Waals surface area contributed by atoms with Crippen LogP contribution in [0.2, 0.25) is 0 Å². The summed E-state index contributed by atoms with van der Waals surface area (Å²) in [5.74, 6) is 0.852. The summed E-state index contributed by atoms with van der Waals surface area (Å²) in [6, 6.07) is 0. The molecule has 0 radical (unpaired) electrons. The standard InChI is InChI=1S/C10H16ClNO2/c11-5-9-6-13-10(14-9)7-12-3-1-8(10)2-4-12/h8-9H,1-7H2. The van der Waals surface area contributed by atoms with Crippen LogP contribution in [-0.4, -0.2) is 48.9 Å². The molecule has 4 heteroatoms. The highest BCUT2D eigenvalue weighted by Gasteiger charge is 2.53. The molecule has 4 aliphatic rings. The van der Waals surface area contributed by atoms with Crippen LogP contribution in [-0.2, 0) is 9.47 Å². The molecule has 0 amide bonds. The van der Waals surface area contributed by atoms with Crippen molar-refractivity contribution < 1.29 is 9.47 Å². The molecule has 4 fully saturated rings. The molecular formula is C10H16ClNO2. The van der Waals surface area contributed by atoms with E-state index < -0.39 is 0 Å². The van der Waals surface area contributed by atoms with Crippen molar-refractivity contribution in [3.05, 3.63) is 0 Å². The first-order valence-electron chi connectivity index (χ1n) is 5.42. The molecule has 0 aromatic heterocycles. The van der Waals surface area contributed by atoms with E-state index in [0.29, 0.717) is 18.4 Å². The lowest BCUT2D eigenvalue weighted by molar-refractivity contribution is -0.249. The third-order valence-electron chi connectivity index (χ3n) is 3.71. The summed E-state index contributed by atoms with van der Waals surface area (Å²) in [7, 11) is 0. The number of hydrogen-bond acceptors (Lipinski definition) is 3. The summed E-state index contributed by atoms with van der Waals surface area (Å²) >= 11 is 5.79. The third kappa shape index (κ3) is 1.30. The second-order valence-corrected chi connectivity index (χ2v) is 4.88. The average molecular weight is 218 g/mol. The van der Waals surface area contributed by atoms with E-state index in [2.05, 4.69) is 4.90 Å². The molecule has 4 aliphatic heterocycles. The van der Waals surface area contributed by atoms with Gasteiger partial charge in [0.05, 0.1) is 25.1 Å². The number of piperidine rings is 3. The van der Waals surface area contributed by atoms with Crippen molar-refractivity contribution in [1.82, 2.24) is 4.90 Å². The van der Waals surface area contributed by atoms with E-state index in [-0.39, 0.29) is 11.9 Å². The topological polar surface area (TPSA) is 21.7 Å². The molecule has 0 saturated carbocycles. The lowest BCUT2D eigenvalue weighted by atomic mass is 9.83. The normalized spacial score (nSPS) is 51.6. The summed E-state index contributed by atoms with van der Waals surface area (Å²) in [5, 5.41) is 0. The molecule has 4 saturated heterocycles. The molecule has 4 rings (SSSR count). The maximum atomic E-state index is 5.98. The number of nitrogens with zero attached hydrogens (tertiary/aromatic N) is 1. The van der Waals surface area contributed by atoms with Gasteiger partial charge in [0.1, 0.15) is 0 Å². The minimum Gasteiger partial charge on any atom is -0.346 e. The Morgan fingerprint density at radius 1 is 1.36 bits per heavy atom. The van der Waals surface area contributed by atoms with E-state index in [4.69, 9.17) is 21.1 Å². The Kier molecular flexibility index (Phi) is 2.24. The Labute approximate surface area is 89.3 Å². The molecule has 0 N–H and O–H groups in total. The maximum Gasteiger partial charge on any atom is 0.184 e. The molecule has 2 atom stereocenters. The SMILES string of the molecule is ClCC1COC2(CN3CCC2CC3)O1. The molecule has 80 valence electrons. The van der Waals surface area contributed by atoms with Gasteiger partial charge in [0.25, 0.3) is 0 Å². The molecule has 0 aliphatic carbocycles. The lowest BCUT2D eigenvalue weighted by Gasteiger charge is -2.49. The molecule has 3 nitrogen and oxygen atoms in total. The third-order valence-corrected chi connectivity index (χ3v) is 4.05. The highest BCUT2D eigenvalue weighted by atomic mass is 35.5. The monoisotopic (exact) mass is 217 g/mol. The highest BCUT2D eigenvalue weighted by molar-refractivity contribution is 6.18. The molecule has 4 heterocycles. The predicted molar refractivity (Wildman–Crippen MR) is 53.4 cm³/mol. The molecule has 2 unspecified atom stereocenters. The van der Waals surface area contributed by atoms with Crippen molar-refractivity contribution in [2.24, 2.45) is 5.92 Å². The van der Waals surface area contributed by atoms with Crippen LogP contribution in [0.25, 0.3) is 0 Å². The second-order valence-electron chi connectivity index (χ2n) is 4.57. The molecule has 2 bridgehead atoms. The van der Waals surface area contributed by atoms with Gasteiger partial charge in [0, 0.05) is 5.92 Å². The Morgan fingerprint density at radius 2 is 2.14 bits per heavy atom. The molecule has 14 heavy (non-hydrogen) atoms. The smallest absolute Gasteiger partial charge is 0.184 e. The minimum atomic E-state index is -0.296. The first kappa shape index (κ1) is 9.40. The van der Waals surface area contributed by atoms with Gasteiger partial charge in [-0.15, -0.1) is 11.6 Å². The zero-order valence-electron chi connectivity index (χ0n) is 8.25. The molecular weight excluding hydrogens is 202 g/mol. The zero-order valence-corrected chi connectivity index (χ0v) is 9.00. The fourth-order valence-corrected chi connectivity index (χ4v) is 3.08. The van der Waals surface area contributed by atoms with Gasteiger partial charge in [-0.3, -0.25) is 4.90 Å². The summed E-state index contributed by atoms with van der Waals surface area (Å²) < 4.78 is 11.8. The van der Waals surface area contributed by atoms with Crippen LogP contribution in [0, 0.1) is 5.92 Å². The fourth-order valence-electron chi connectivity index (χ4n) is 2.93. The van der Waals surface area contributed by atoms with E-state index in [1.165, 1.54) is 25.9 Å². The first-order valence-corrected chi connectivity index (χ1v) is 5.96. The maximum absolute atomic E-state index is 5.98. The van der Waals surface area contributed by atoms with Crippen molar-refractivity contribution in [2.45, 2.75) is 24.7 Å². The number of fused-ring (bicyclic) bond motifs is 2. The number of hydrogen-bond donors (Lipinski definition) is 0. The van der Waals surface area contributed by atoms with Crippen LogP contribution in [0.1, 0.15) is 12.8 Å². The van der Waals surface area contributed by atoms with E-state index >= 15 is 0 Å². The van der Waals surface area contributed by atoms with Crippen LogP contribution >= 0.6 is 11.6 Å². The summed E-state index contributed by atoms with van der Waals surface area (Å²) in [6.07, 6.45) is 2.54. The Bertz CT molecular complexity index is 230. The second kappa shape index (κ2) is 3.34. The van der Waals surface area contributed by atoms with Crippen molar-refractivity contribution >= 4 is 11.6 Å². The van der Waals surface area contributed by atoms with Crippen molar-refractivity contribution in [2.75, 3.05) is 32.1 Å². The zero-order chi connectivity index (χ0) is 9.60. The van der Waals surface area contributed by atoms with Gasteiger partial charge >= 0.3 is 0 Å². The largest absolute Gasteiger partial charge is 0.346 e. The van der Waals surface area contributed by atoms with Gasteiger partial charge in [-0.2, -0.15) is 0 Å². The van der Waals surface area contributed by atoms with E-state index in [9.17, 15) is 0 Å². The van der Waals surface area contributed by atoms with Gasteiger partial charge in [-0.25, -0.2) is 0 Å². The number of rotatable bonds is 1. The van der Waals surface area contributed by atoms with Gasteiger partial charge in [0.2, 0.25) is 0 Å². The highest BCUT2D eigenvalue weighted by Crippen LogP contribution is 2.42. The summed E-state index contributed by atoms with van der Waals surface area (Å²) in [5.41, 5.74) is 0. The van der Waals surface area contributed by atoms with E-state index in [0.717, 1.165) is 6.54 Å². The van der Waals surface area contributed by atoms with Crippen LogP contribution in [0.15, 0.2) is 0 Å². The Balaban J connectivity index is 1.78. The van der Waals surface area contributed by atoms with Gasteiger partial charge in [-0.1, -0.05) is 0 Å². The quantitative estimate of drug-likeness (QED) is 0.614. The fraction of sp³-hybridized carbons (Fsp3) is 1.00.